The molecule has 1 N–H and O–H groups in total. The number of aldehydes is 1. The number of thioether (sulfide) groups is 1. The van der Waals surface area contributed by atoms with E-state index in [1.807, 2.05) is 0 Å². The summed E-state index contributed by atoms with van der Waals surface area (Å²) in [6, 6.07) is 0. The minimum absolute atomic E-state index is 0.113. The molecule has 0 aromatic rings. The topological polar surface area (TPSA) is 63.2 Å². The van der Waals surface area contributed by atoms with Crippen molar-refractivity contribution >= 4 is 29.2 Å². The van der Waals surface area contributed by atoms with E-state index in [-0.39, 0.29) is 17.6 Å². The predicted molar refractivity (Wildman–Crippen MR) is 35.6 cm³/mol. The van der Waals surface area contributed by atoms with E-state index in [1.165, 1.54) is 0 Å². The van der Waals surface area contributed by atoms with Crippen LogP contribution >= 0.6 is 11.8 Å². The standard InChI is InChI=1S/C5H5NO3S/c7-2-1-3-4(8)6-5(9)10-3/h2-3H,1H2,(H,6,8,9). The highest BCUT2D eigenvalue weighted by molar-refractivity contribution is 8.15. The van der Waals surface area contributed by atoms with Gasteiger partial charge in [-0.3, -0.25) is 14.9 Å². The van der Waals surface area contributed by atoms with E-state index < -0.39 is 5.25 Å². The van der Waals surface area contributed by atoms with Gasteiger partial charge in [0.25, 0.3) is 5.24 Å². The molecule has 1 aliphatic heterocycles. The zero-order valence-corrected chi connectivity index (χ0v) is 5.81. The van der Waals surface area contributed by atoms with Crippen LogP contribution in [0.2, 0.25) is 0 Å². The molecule has 4 nitrogen and oxygen atoms in total. The van der Waals surface area contributed by atoms with Crippen molar-refractivity contribution in [2.45, 2.75) is 11.7 Å². The summed E-state index contributed by atoms with van der Waals surface area (Å²) in [5, 5.41) is 1.22. The molecule has 1 rings (SSSR count). The first-order valence-corrected chi connectivity index (χ1v) is 3.57. The molecule has 1 heterocycles. The van der Waals surface area contributed by atoms with Crippen LogP contribution in [0.4, 0.5) is 4.79 Å². The van der Waals surface area contributed by atoms with Gasteiger partial charge in [0, 0.05) is 6.42 Å². The second-order valence-electron chi connectivity index (χ2n) is 1.79. The van der Waals surface area contributed by atoms with Gasteiger partial charge in [0.1, 0.15) is 6.29 Å². The van der Waals surface area contributed by atoms with Gasteiger partial charge in [0.15, 0.2) is 0 Å². The summed E-state index contributed by atoms with van der Waals surface area (Å²) in [7, 11) is 0. The number of rotatable bonds is 2. The maximum absolute atomic E-state index is 10.7. The Labute approximate surface area is 61.4 Å². The summed E-state index contributed by atoms with van der Waals surface area (Å²) < 4.78 is 0. The maximum atomic E-state index is 10.7. The third kappa shape index (κ3) is 1.36. The van der Waals surface area contributed by atoms with Gasteiger partial charge in [-0.15, -0.1) is 0 Å². The average Bonchev–Trinajstić information content (AvgIpc) is 2.13. The molecule has 2 amide bonds. The largest absolute Gasteiger partial charge is 0.303 e. The summed E-state index contributed by atoms with van der Waals surface area (Å²) in [5.41, 5.74) is 0. The number of hydrogen-bond donors (Lipinski definition) is 1. The highest BCUT2D eigenvalue weighted by atomic mass is 32.2. The molecule has 1 unspecified atom stereocenters. The number of amides is 2. The molecule has 0 aromatic heterocycles. The van der Waals surface area contributed by atoms with Crippen molar-refractivity contribution in [3.05, 3.63) is 0 Å². The van der Waals surface area contributed by atoms with Gasteiger partial charge in [0.05, 0.1) is 5.25 Å². The Morgan fingerprint density at radius 1 is 1.60 bits per heavy atom. The summed E-state index contributed by atoms with van der Waals surface area (Å²) in [6.45, 7) is 0. The van der Waals surface area contributed by atoms with Gasteiger partial charge in [-0.2, -0.15) is 0 Å². The van der Waals surface area contributed by atoms with E-state index in [9.17, 15) is 14.4 Å². The normalized spacial score (nSPS) is 24.6. The molecule has 1 fully saturated rings. The molecule has 0 spiro atoms. The molecule has 0 radical (unpaired) electrons. The minimum Gasteiger partial charge on any atom is -0.303 e. The van der Waals surface area contributed by atoms with Gasteiger partial charge in [-0.25, -0.2) is 0 Å². The molecule has 5 heteroatoms. The second kappa shape index (κ2) is 2.83. The van der Waals surface area contributed by atoms with Gasteiger partial charge in [-0.1, -0.05) is 11.8 Å². The zero-order chi connectivity index (χ0) is 7.56. The van der Waals surface area contributed by atoms with Crippen molar-refractivity contribution in [3.63, 3.8) is 0 Å². The molecule has 0 aromatic carbocycles. The maximum Gasteiger partial charge on any atom is 0.286 e. The van der Waals surface area contributed by atoms with Crippen molar-refractivity contribution in [2.75, 3.05) is 0 Å². The Balaban J connectivity index is 2.54. The van der Waals surface area contributed by atoms with Crippen molar-refractivity contribution in [2.24, 2.45) is 0 Å². The summed E-state index contributed by atoms with van der Waals surface area (Å²) in [4.78, 5) is 31.0. The fourth-order valence-electron chi connectivity index (χ4n) is 0.636. The van der Waals surface area contributed by atoms with Crippen LogP contribution in [-0.4, -0.2) is 22.7 Å². The van der Waals surface area contributed by atoms with Crippen LogP contribution in [0.15, 0.2) is 0 Å². The molecule has 0 bridgehead atoms. The molecular formula is C5H5NO3S. The highest BCUT2D eigenvalue weighted by Crippen LogP contribution is 2.20. The van der Waals surface area contributed by atoms with Gasteiger partial charge < -0.3 is 4.79 Å². The van der Waals surface area contributed by atoms with Gasteiger partial charge in [0.2, 0.25) is 5.91 Å². The molecular weight excluding hydrogens is 154 g/mol. The van der Waals surface area contributed by atoms with Crippen molar-refractivity contribution in [1.82, 2.24) is 5.32 Å². The quantitative estimate of drug-likeness (QED) is 0.573. The Morgan fingerprint density at radius 3 is 2.70 bits per heavy atom. The van der Waals surface area contributed by atoms with E-state index in [0.717, 1.165) is 11.8 Å². The highest BCUT2D eigenvalue weighted by Gasteiger charge is 2.30. The van der Waals surface area contributed by atoms with Crippen LogP contribution in [-0.2, 0) is 9.59 Å². The van der Waals surface area contributed by atoms with Crippen LogP contribution in [0, 0.1) is 0 Å². The molecule has 1 aliphatic rings. The number of imide groups is 1. The Morgan fingerprint density at radius 2 is 2.30 bits per heavy atom. The van der Waals surface area contributed by atoms with Crippen molar-refractivity contribution in [1.29, 1.82) is 0 Å². The smallest absolute Gasteiger partial charge is 0.286 e. The van der Waals surface area contributed by atoms with E-state index in [1.54, 1.807) is 0 Å². The Bertz CT molecular complexity index is 191. The second-order valence-corrected chi connectivity index (χ2v) is 2.96. The molecule has 54 valence electrons. The minimum atomic E-state index is -0.495. The Kier molecular flexibility index (Phi) is 2.06. The molecule has 0 aliphatic carbocycles. The van der Waals surface area contributed by atoms with Crippen molar-refractivity contribution < 1.29 is 14.4 Å². The fourth-order valence-corrected chi connectivity index (χ4v) is 1.39. The lowest BCUT2D eigenvalue weighted by Gasteiger charge is -1.94. The van der Waals surface area contributed by atoms with E-state index >= 15 is 0 Å². The predicted octanol–water partition coefficient (Wildman–Crippen LogP) is -0.0730. The number of carbonyl (C=O) groups excluding carboxylic acids is 3. The lowest BCUT2D eigenvalue weighted by Crippen LogP contribution is -2.24. The molecule has 10 heavy (non-hydrogen) atoms. The molecule has 1 saturated heterocycles. The lowest BCUT2D eigenvalue weighted by molar-refractivity contribution is -0.120. The third-order valence-corrected chi connectivity index (χ3v) is 2.08. The number of hydrogen-bond acceptors (Lipinski definition) is 4. The zero-order valence-electron chi connectivity index (χ0n) is 4.99. The van der Waals surface area contributed by atoms with E-state index in [2.05, 4.69) is 5.32 Å². The summed E-state index contributed by atoms with van der Waals surface area (Å²) in [6.07, 6.45) is 0.748. The molecule has 0 saturated carbocycles. The van der Waals surface area contributed by atoms with Crippen LogP contribution in [0.5, 0.6) is 0 Å². The van der Waals surface area contributed by atoms with Gasteiger partial charge >= 0.3 is 0 Å². The first-order chi connectivity index (χ1) is 4.74. The fraction of sp³-hybridized carbons (Fsp3) is 0.400. The SMILES string of the molecule is O=CCC1SC(=O)NC1=O. The Hall–Kier alpha value is -0.840. The van der Waals surface area contributed by atoms with E-state index in [0.29, 0.717) is 6.29 Å². The third-order valence-electron chi connectivity index (χ3n) is 1.08. The van der Waals surface area contributed by atoms with Crippen LogP contribution in [0.1, 0.15) is 6.42 Å². The summed E-state index contributed by atoms with van der Waals surface area (Å²) >= 11 is 0.867. The summed E-state index contributed by atoms with van der Waals surface area (Å²) in [5.74, 6) is -0.359. The number of carbonyl (C=O) groups is 3. The van der Waals surface area contributed by atoms with Crippen LogP contribution in [0.25, 0.3) is 0 Å². The average molecular weight is 159 g/mol. The van der Waals surface area contributed by atoms with Crippen molar-refractivity contribution in [3.8, 4) is 0 Å². The monoisotopic (exact) mass is 159 g/mol. The lowest BCUT2D eigenvalue weighted by atomic mass is 10.3. The van der Waals surface area contributed by atoms with Gasteiger partial charge in [-0.05, 0) is 0 Å². The first kappa shape index (κ1) is 7.27. The van der Waals surface area contributed by atoms with Crippen LogP contribution in [0.3, 0.4) is 0 Å². The molecule has 1 atom stereocenters. The van der Waals surface area contributed by atoms with E-state index in [4.69, 9.17) is 0 Å². The van der Waals surface area contributed by atoms with Crippen LogP contribution < -0.4 is 5.32 Å². The number of nitrogens with one attached hydrogen (secondary N) is 1. The first-order valence-electron chi connectivity index (χ1n) is 2.69.